The van der Waals surface area contributed by atoms with E-state index in [1.54, 1.807) is 6.33 Å². The van der Waals surface area contributed by atoms with Crippen LogP contribution in [-0.4, -0.2) is 32.3 Å². The highest BCUT2D eigenvalue weighted by atomic mass is 32.1. The SMILES string of the molecule is Cc1csc(C(=O)N2CCc3[nH]cnc3[C@H]2c2cc3ccccc3o2)n1. The van der Waals surface area contributed by atoms with Crippen molar-refractivity contribution < 1.29 is 9.21 Å². The van der Waals surface area contributed by atoms with Gasteiger partial charge in [0.25, 0.3) is 5.91 Å². The summed E-state index contributed by atoms with van der Waals surface area (Å²) in [4.78, 5) is 27.0. The van der Waals surface area contributed by atoms with Crippen LogP contribution < -0.4 is 0 Å². The molecule has 1 aliphatic rings. The van der Waals surface area contributed by atoms with E-state index in [1.165, 1.54) is 11.3 Å². The normalized spacial score (nSPS) is 16.8. The van der Waals surface area contributed by atoms with E-state index in [4.69, 9.17) is 4.42 Å². The first-order chi connectivity index (χ1) is 12.7. The van der Waals surface area contributed by atoms with Gasteiger partial charge in [0.15, 0.2) is 5.01 Å². The summed E-state index contributed by atoms with van der Waals surface area (Å²) < 4.78 is 6.09. The van der Waals surface area contributed by atoms with Crippen LogP contribution in [0.15, 0.2) is 46.5 Å². The average Bonchev–Trinajstić information content (AvgIpc) is 3.38. The molecule has 130 valence electrons. The smallest absolute Gasteiger partial charge is 0.283 e. The van der Waals surface area contributed by atoms with Crippen LogP contribution in [0.25, 0.3) is 11.0 Å². The summed E-state index contributed by atoms with van der Waals surface area (Å²) in [6.45, 7) is 2.49. The Morgan fingerprint density at radius 2 is 2.27 bits per heavy atom. The Morgan fingerprint density at radius 1 is 1.38 bits per heavy atom. The van der Waals surface area contributed by atoms with Crippen molar-refractivity contribution in [1.29, 1.82) is 0 Å². The molecule has 3 aromatic heterocycles. The number of nitrogens with zero attached hydrogens (tertiary/aromatic N) is 3. The fraction of sp³-hybridized carbons (Fsp3) is 0.211. The molecular weight excluding hydrogens is 348 g/mol. The van der Waals surface area contributed by atoms with Crippen LogP contribution in [0.2, 0.25) is 0 Å². The second-order valence-electron chi connectivity index (χ2n) is 6.40. The van der Waals surface area contributed by atoms with Gasteiger partial charge in [-0.2, -0.15) is 0 Å². The summed E-state index contributed by atoms with van der Waals surface area (Å²) >= 11 is 1.38. The van der Waals surface area contributed by atoms with Crippen molar-refractivity contribution in [1.82, 2.24) is 19.9 Å². The molecule has 0 fully saturated rings. The zero-order chi connectivity index (χ0) is 17.7. The second-order valence-corrected chi connectivity index (χ2v) is 7.26. The number of carbonyl (C=O) groups excluding carboxylic acids is 1. The van der Waals surface area contributed by atoms with E-state index in [-0.39, 0.29) is 11.9 Å². The number of carbonyl (C=O) groups is 1. The number of amides is 1. The molecule has 1 atom stereocenters. The monoisotopic (exact) mass is 364 g/mol. The molecule has 0 saturated carbocycles. The third-order valence-electron chi connectivity index (χ3n) is 4.70. The van der Waals surface area contributed by atoms with E-state index in [9.17, 15) is 4.79 Å². The van der Waals surface area contributed by atoms with E-state index >= 15 is 0 Å². The summed E-state index contributed by atoms with van der Waals surface area (Å²) in [5.74, 6) is 0.642. The van der Waals surface area contributed by atoms with Crippen molar-refractivity contribution in [3.05, 3.63) is 69.9 Å². The lowest BCUT2D eigenvalue weighted by Gasteiger charge is -2.33. The number of para-hydroxylation sites is 1. The van der Waals surface area contributed by atoms with Crippen LogP contribution in [0.3, 0.4) is 0 Å². The number of H-pyrrole nitrogens is 1. The standard InChI is InChI=1S/C19H16N4O2S/c1-11-9-26-18(22-11)19(24)23-7-6-13-16(21-10-20-13)17(23)15-8-12-4-2-3-5-14(12)25-15/h2-5,8-10,17H,6-7H2,1H3,(H,20,21)/t17-/m1/s1. The number of imidazole rings is 1. The maximum Gasteiger partial charge on any atom is 0.283 e. The van der Waals surface area contributed by atoms with Gasteiger partial charge in [-0.25, -0.2) is 9.97 Å². The molecule has 26 heavy (non-hydrogen) atoms. The summed E-state index contributed by atoms with van der Waals surface area (Å²) in [6.07, 6.45) is 2.42. The number of thiazole rings is 1. The zero-order valence-corrected chi connectivity index (χ0v) is 14.9. The largest absolute Gasteiger partial charge is 0.458 e. The number of furan rings is 1. The van der Waals surface area contributed by atoms with Gasteiger partial charge >= 0.3 is 0 Å². The Kier molecular flexibility index (Phi) is 3.43. The van der Waals surface area contributed by atoms with Gasteiger partial charge in [-0.1, -0.05) is 18.2 Å². The topological polar surface area (TPSA) is 75.0 Å². The lowest BCUT2D eigenvalue weighted by Crippen LogP contribution is -2.40. The molecule has 1 aromatic carbocycles. The highest BCUT2D eigenvalue weighted by molar-refractivity contribution is 7.11. The van der Waals surface area contributed by atoms with Crippen LogP contribution in [0.4, 0.5) is 0 Å². The maximum atomic E-state index is 13.1. The van der Waals surface area contributed by atoms with Gasteiger partial charge in [0, 0.05) is 35.1 Å². The fourth-order valence-electron chi connectivity index (χ4n) is 3.50. The van der Waals surface area contributed by atoms with E-state index in [0.717, 1.165) is 40.2 Å². The number of aromatic nitrogens is 3. The van der Waals surface area contributed by atoms with Crippen LogP contribution in [-0.2, 0) is 6.42 Å². The Morgan fingerprint density at radius 3 is 3.08 bits per heavy atom. The van der Waals surface area contributed by atoms with Crippen molar-refractivity contribution in [3.8, 4) is 0 Å². The summed E-state index contributed by atoms with van der Waals surface area (Å²) in [5.41, 5.74) is 3.56. The van der Waals surface area contributed by atoms with Crippen LogP contribution >= 0.6 is 11.3 Å². The molecule has 6 nitrogen and oxygen atoms in total. The van der Waals surface area contributed by atoms with Crippen LogP contribution in [0, 0.1) is 6.92 Å². The van der Waals surface area contributed by atoms with E-state index in [1.807, 2.05) is 47.5 Å². The van der Waals surface area contributed by atoms with Crippen LogP contribution in [0.1, 0.15) is 38.7 Å². The van der Waals surface area contributed by atoms with E-state index < -0.39 is 0 Å². The van der Waals surface area contributed by atoms with Gasteiger partial charge < -0.3 is 14.3 Å². The first kappa shape index (κ1) is 15.3. The Hall–Kier alpha value is -2.93. The zero-order valence-electron chi connectivity index (χ0n) is 14.1. The van der Waals surface area contributed by atoms with Crippen molar-refractivity contribution in [3.63, 3.8) is 0 Å². The number of hydrogen-bond acceptors (Lipinski definition) is 5. The highest BCUT2D eigenvalue weighted by Gasteiger charge is 2.37. The number of rotatable bonds is 2. The van der Waals surface area contributed by atoms with Gasteiger partial charge in [-0.15, -0.1) is 11.3 Å². The number of aryl methyl sites for hydroxylation is 1. The molecule has 0 saturated heterocycles. The Bertz CT molecular complexity index is 1080. The number of aromatic amines is 1. The molecule has 1 aliphatic heterocycles. The molecule has 0 bridgehead atoms. The fourth-order valence-corrected chi connectivity index (χ4v) is 4.25. The minimum absolute atomic E-state index is 0.0813. The second kappa shape index (κ2) is 5.81. The van der Waals surface area contributed by atoms with Gasteiger partial charge in [-0.3, -0.25) is 4.79 Å². The van der Waals surface area contributed by atoms with Gasteiger partial charge in [0.2, 0.25) is 0 Å². The van der Waals surface area contributed by atoms with Crippen molar-refractivity contribution >= 4 is 28.2 Å². The van der Waals surface area contributed by atoms with Crippen molar-refractivity contribution in [2.24, 2.45) is 0 Å². The minimum Gasteiger partial charge on any atom is -0.458 e. The molecule has 1 N–H and O–H groups in total. The Labute approximate surface area is 153 Å². The highest BCUT2D eigenvalue weighted by Crippen LogP contribution is 2.37. The molecule has 0 radical (unpaired) electrons. The first-order valence-electron chi connectivity index (χ1n) is 8.44. The quantitative estimate of drug-likeness (QED) is 0.588. The molecule has 0 aliphatic carbocycles. The third-order valence-corrected chi connectivity index (χ3v) is 5.65. The molecule has 1 amide bonds. The maximum absolute atomic E-state index is 13.1. The molecular formula is C19H16N4O2S. The predicted molar refractivity (Wildman–Crippen MR) is 98.2 cm³/mol. The first-order valence-corrected chi connectivity index (χ1v) is 9.32. The summed E-state index contributed by atoms with van der Waals surface area (Å²) in [6, 6.07) is 9.50. The molecule has 4 aromatic rings. The summed E-state index contributed by atoms with van der Waals surface area (Å²) in [5, 5.41) is 3.41. The molecule has 0 unspecified atom stereocenters. The molecule has 7 heteroatoms. The number of nitrogens with one attached hydrogen (secondary N) is 1. The van der Waals surface area contributed by atoms with E-state index in [2.05, 4.69) is 15.0 Å². The van der Waals surface area contributed by atoms with Gasteiger partial charge in [-0.05, 0) is 19.1 Å². The van der Waals surface area contributed by atoms with Gasteiger partial charge in [0.05, 0.1) is 12.0 Å². The molecule has 4 heterocycles. The molecule has 5 rings (SSSR count). The lowest BCUT2D eigenvalue weighted by molar-refractivity contribution is 0.0672. The Balaban J connectivity index is 1.63. The lowest BCUT2D eigenvalue weighted by atomic mass is 10.00. The average molecular weight is 364 g/mol. The molecule has 0 spiro atoms. The van der Waals surface area contributed by atoms with E-state index in [0.29, 0.717) is 11.6 Å². The predicted octanol–water partition coefficient (Wildman–Crippen LogP) is 3.71. The van der Waals surface area contributed by atoms with Crippen molar-refractivity contribution in [2.75, 3.05) is 6.54 Å². The summed E-state index contributed by atoms with van der Waals surface area (Å²) in [7, 11) is 0. The number of hydrogen-bond donors (Lipinski definition) is 1. The van der Waals surface area contributed by atoms with Gasteiger partial charge in [0.1, 0.15) is 17.4 Å². The number of benzene rings is 1. The minimum atomic E-state index is -0.353. The number of fused-ring (bicyclic) bond motifs is 2. The third kappa shape index (κ3) is 2.35. The van der Waals surface area contributed by atoms with Crippen LogP contribution in [0.5, 0.6) is 0 Å². The van der Waals surface area contributed by atoms with Crippen molar-refractivity contribution in [2.45, 2.75) is 19.4 Å².